The number of methoxy groups -OCH3 is 1. The molecule has 0 radical (unpaired) electrons. The molecule has 0 saturated carbocycles. The molecule has 0 aliphatic carbocycles. The van der Waals surface area contributed by atoms with Crippen LogP contribution in [0.3, 0.4) is 0 Å². The maximum atomic E-state index is 9.02. The molecular formula is C7H10N2O2. The molecule has 4 nitrogen and oxygen atoms in total. The van der Waals surface area contributed by atoms with E-state index in [4.69, 9.17) is 9.84 Å². The zero-order chi connectivity index (χ0) is 8.27. The number of aliphatic hydroxyl groups is 1. The summed E-state index contributed by atoms with van der Waals surface area (Å²) in [4.78, 5) is 7.73. The van der Waals surface area contributed by atoms with Crippen LogP contribution in [0.25, 0.3) is 0 Å². The van der Waals surface area contributed by atoms with E-state index in [1.54, 1.807) is 14.0 Å². The summed E-state index contributed by atoms with van der Waals surface area (Å²) in [6.45, 7) is 1.61. The van der Waals surface area contributed by atoms with Crippen LogP contribution in [0.1, 0.15) is 18.9 Å². The molecule has 11 heavy (non-hydrogen) atoms. The van der Waals surface area contributed by atoms with Gasteiger partial charge in [-0.05, 0) is 6.92 Å². The van der Waals surface area contributed by atoms with Gasteiger partial charge in [-0.15, -0.1) is 0 Å². The van der Waals surface area contributed by atoms with Crippen LogP contribution in [0.2, 0.25) is 0 Å². The molecule has 0 aliphatic rings. The first-order valence-corrected chi connectivity index (χ1v) is 3.28. The lowest BCUT2D eigenvalue weighted by molar-refractivity contribution is 0.188. The summed E-state index contributed by atoms with van der Waals surface area (Å²) in [5.41, 5.74) is 0. The Morgan fingerprint density at radius 2 is 2.00 bits per heavy atom. The van der Waals surface area contributed by atoms with Crippen molar-refractivity contribution in [1.82, 2.24) is 9.97 Å². The lowest BCUT2D eigenvalue weighted by Crippen LogP contribution is -1.99. The summed E-state index contributed by atoms with van der Waals surface area (Å²) in [5.74, 6) is 1.00. The van der Waals surface area contributed by atoms with Gasteiger partial charge < -0.3 is 9.84 Å². The van der Waals surface area contributed by atoms with Gasteiger partial charge in [-0.25, -0.2) is 9.97 Å². The van der Waals surface area contributed by atoms with Crippen molar-refractivity contribution in [2.45, 2.75) is 13.0 Å². The molecule has 0 amide bonds. The molecule has 1 atom stereocenters. The second-order valence-corrected chi connectivity index (χ2v) is 2.16. The molecular weight excluding hydrogens is 144 g/mol. The SMILES string of the molecule is COc1cnc(C(C)O)nc1. The van der Waals surface area contributed by atoms with Gasteiger partial charge in [0.2, 0.25) is 0 Å². The van der Waals surface area contributed by atoms with E-state index in [1.165, 1.54) is 12.4 Å². The number of nitrogens with zero attached hydrogens (tertiary/aromatic N) is 2. The molecule has 1 heterocycles. The molecule has 1 unspecified atom stereocenters. The highest BCUT2D eigenvalue weighted by Gasteiger charge is 2.02. The van der Waals surface area contributed by atoms with Crippen molar-refractivity contribution in [3.8, 4) is 5.75 Å². The summed E-state index contributed by atoms with van der Waals surface area (Å²) in [6, 6.07) is 0. The summed E-state index contributed by atoms with van der Waals surface area (Å²) < 4.78 is 4.84. The monoisotopic (exact) mass is 154 g/mol. The molecule has 0 aliphatic heterocycles. The maximum absolute atomic E-state index is 9.02. The molecule has 60 valence electrons. The predicted octanol–water partition coefficient (Wildman–Crippen LogP) is 0.538. The normalized spacial score (nSPS) is 12.6. The average Bonchev–Trinajstić information content (AvgIpc) is 2.05. The first kappa shape index (κ1) is 7.94. The van der Waals surface area contributed by atoms with E-state index in [0.29, 0.717) is 11.6 Å². The van der Waals surface area contributed by atoms with Gasteiger partial charge in [-0.2, -0.15) is 0 Å². The van der Waals surface area contributed by atoms with Gasteiger partial charge in [0.1, 0.15) is 6.10 Å². The van der Waals surface area contributed by atoms with Crippen molar-refractivity contribution < 1.29 is 9.84 Å². The first-order chi connectivity index (χ1) is 5.24. The molecule has 1 aromatic rings. The van der Waals surface area contributed by atoms with Crippen LogP contribution < -0.4 is 4.74 Å². The number of ether oxygens (including phenoxy) is 1. The fourth-order valence-electron chi connectivity index (χ4n) is 0.647. The fraction of sp³-hybridized carbons (Fsp3) is 0.429. The van der Waals surface area contributed by atoms with E-state index in [1.807, 2.05) is 0 Å². The van der Waals surface area contributed by atoms with Gasteiger partial charge in [0.15, 0.2) is 11.6 Å². The third-order valence-corrected chi connectivity index (χ3v) is 1.26. The second-order valence-electron chi connectivity index (χ2n) is 2.16. The Morgan fingerprint density at radius 3 is 2.36 bits per heavy atom. The smallest absolute Gasteiger partial charge is 0.156 e. The molecule has 0 spiro atoms. The summed E-state index contributed by atoms with van der Waals surface area (Å²) in [5, 5.41) is 9.02. The number of hydrogen-bond donors (Lipinski definition) is 1. The minimum atomic E-state index is -0.624. The van der Waals surface area contributed by atoms with Crippen molar-refractivity contribution in [3.63, 3.8) is 0 Å². The number of hydrogen-bond acceptors (Lipinski definition) is 4. The standard InChI is InChI=1S/C7H10N2O2/c1-5(10)7-8-3-6(11-2)4-9-7/h3-5,10H,1-2H3. The van der Waals surface area contributed by atoms with Gasteiger partial charge in [0.05, 0.1) is 19.5 Å². The van der Waals surface area contributed by atoms with Gasteiger partial charge in [0, 0.05) is 0 Å². The van der Waals surface area contributed by atoms with Gasteiger partial charge in [-0.1, -0.05) is 0 Å². The van der Waals surface area contributed by atoms with Crippen LogP contribution in [-0.2, 0) is 0 Å². The van der Waals surface area contributed by atoms with Crippen molar-refractivity contribution in [2.24, 2.45) is 0 Å². The Bertz CT molecular complexity index is 220. The van der Waals surface area contributed by atoms with E-state index >= 15 is 0 Å². The highest BCUT2D eigenvalue weighted by atomic mass is 16.5. The zero-order valence-corrected chi connectivity index (χ0v) is 6.48. The molecule has 0 saturated heterocycles. The Hall–Kier alpha value is -1.16. The Morgan fingerprint density at radius 1 is 1.45 bits per heavy atom. The number of rotatable bonds is 2. The van der Waals surface area contributed by atoms with Crippen LogP contribution in [0.15, 0.2) is 12.4 Å². The van der Waals surface area contributed by atoms with Crippen LogP contribution >= 0.6 is 0 Å². The lowest BCUT2D eigenvalue weighted by atomic mass is 10.4. The summed E-state index contributed by atoms with van der Waals surface area (Å²) >= 11 is 0. The molecule has 0 bridgehead atoms. The quantitative estimate of drug-likeness (QED) is 0.675. The molecule has 0 fully saturated rings. The number of aliphatic hydroxyl groups excluding tert-OH is 1. The summed E-state index contributed by atoms with van der Waals surface area (Å²) in [7, 11) is 1.54. The zero-order valence-electron chi connectivity index (χ0n) is 6.48. The van der Waals surface area contributed by atoms with E-state index in [2.05, 4.69) is 9.97 Å². The van der Waals surface area contributed by atoms with E-state index in [-0.39, 0.29) is 0 Å². The molecule has 1 N–H and O–H groups in total. The highest BCUT2D eigenvalue weighted by molar-refractivity contribution is 5.12. The van der Waals surface area contributed by atoms with Crippen molar-refractivity contribution in [2.75, 3.05) is 7.11 Å². The van der Waals surface area contributed by atoms with Crippen molar-refractivity contribution in [3.05, 3.63) is 18.2 Å². The van der Waals surface area contributed by atoms with Gasteiger partial charge >= 0.3 is 0 Å². The van der Waals surface area contributed by atoms with Crippen molar-refractivity contribution in [1.29, 1.82) is 0 Å². The highest BCUT2D eigenvalue weighted by Crippen LogP contribution is 2.09. The van der Waals surface area contributed by atoms with Crippen LogP contribution in [-0.4, -0.2) is 22.2 Å². The van der Waals surface area contributed by atoms with Crippen LogP contribution in [0.5, 0.6) is 5.75 Å². The Balaban J connectivity index is 2.83. The van der Waals surface area contributed by atoms with Gasteiger partial charge in [-0.3, -0.25) is 0 Å². The average molecular weight is 154 g/mol. The predicted molar refractivity (Wildman–Crippen MR) is 39.2 cm³/mol. The van der Waals surface area contributed by atoms with E-state index in [9.17, 15) is 0 Å². The molecule has 4 heteroatoms. The van der Waals surface area contributed by atoms with E-state index < -0.39 is 6.10 Å². The fourth-order valence-corrected chi connectivity index (χ4v) is 0.647. The second kappa shape index (κ2) is 3.30. The third-order valence-electron chi connectivity index (χ3n) is 1.26. The van der Waals surface area contributed by atoms with E-state index in [0.717, 1.165) is 0 Å². The minimum absolute atomic E-state index is 0.408. The largest absolute Gasteiger partial charge is 0.494 e. The number of aromatic nitrogens is 2. The van der Waals surface area contributed by atoms with Crippen LogP contribution in [0, 0.1) is 0 Å². The molecule has 1 aromatic heterocycles. The third kappa shape index (κ3) is 1.88. The Labute approximate surface area is 64.9 Å². The van der Waals surface area contributed by atoms with Crippen LogP contribution in [0.4, 0.5) is 0 Å². The summed E-state index contributed by atoms with van der Waals surface area (Å²) in [6.07, 6.45) is 2.42. The maximum Gasteiger partial charge on any atom is 0.156 e. The Kier molecular flexibility index (Phi) is 2.38. The lowest BCUT2D eigenvalue weighted by Gasteiger charge is -2.02. The van der Waals surface area contributed by atoms with Gasteiger partial charge in [0.25, 0.3) is 0 Å². The minimum Gasteiger partial charge on any atom is -0.494 e. The first-order valence-electron chi connectivity index (χ1n) is 3.28. The topological polar surface area (TPSA) is 55.2 Å². The molecule has 0 aromatic carbocycles. The van der Waals surface area contributed by atoms with Crippen molar-refractivity contribution >= 4 is 0 Å². The molecule has 1 rings (SSSR count).